The van der Waals surface area contributed by atoms with Gasteiger partial charge in [-0.1, -0.05) is 17.7 Å². The Kier molecular flexibility index (Phi) is 5.63. The Balaban J connectivity index is 1.98. The van der Waals surface area contributed by atoms with Gasteiger partial charge < -0.3 is 0 Å². The molecule has 140 valence electrons. The Morgan fingerprint density at radius 2 is 2.14 bits per heavy atom. The van der Waals surface area contributed by atoms with E-state index in [1.807, 2.05) is 5.40 Å². The van der Waals surface area contributed by atoms with Crippen molar-refractivity contribution in [3.63, 3.8) is 0 Å². The lowest BCUT2D eigenvalue weighted by Crippen LogP contribution is -2.17. The van der Waals surface area contributed by atoms with Gasteiger partial charge >= 0.3 is 0 Å². The quantitative estimate of drug-likeness (QED) is 0.219. The molecule has 8 nitrogen and oxygen atoms in total. The van der Waals surface area contributed by atoms with E-state index in [-0.39, 0.29) is 16.1 Å². The summed E-state index contributed by atoms with van der Waals surface area (Å²) in [5.41, 5.74) is 1.23. The molecule has 0 aliphatic rings. The van der Waals surface area contributed by atoms with E-state index in [2.05, 4.69) is 10.1 Å². The maximum atomic E-state index is 12.7. The summed E-state index contributed by atoms with van der Waals surface area (Å²) in [5, 5.41) is 25.2. The van der Waals surface area contributed by atoms with Crippen LogP contribution >= 0.6 is 23.4 Å². The average molecular weight is 414 g/mol. The van der Waals surface area contributed by atoms with Crippen molar-refractivity contribution in [1.82, 2.24) is 9.78 Å². The van der Waals surface area contributed by atoms with Crippen molar-refractivity contribution < 1.29 is 4.92 Å². The number of hydrogen-bond acceptors (Lipinski definition) is 6. The number of nitrogens with one attached hydrogen (secondary N) is 1. The monoisotopic (exact) mass is 413 g/mol. The molecule has 2 aromatic carbocycles. The predicted octanol–water partition coefficient (Wildman–Crippen LogP) is 4.36. The van der Waals surface area contributed by atoms with Crippen molar-refractivity contribution in [3.05, 3.63) is 79.2 Å². The zero-order chi connectivity index (χ0) is 20.3. The molecule has 10 heteroatoms. The molecule has 0 unspecified atom stereocenters. The largest absolute Gasteiger partial charge is 0.295 e. The minimum Gasteiger partial charge on any atom is -0.295 e. The molecular weight excluding hydrogens is 402 g/mol. The van der Waals surface area contributed by atoms with Crippen LogP contribution in [-0.2, 0) is 0 Å². The molecular formula is C18H12ClN5O3S. The van der Waals surface area contributed by atoms with Gasteiger partial charge in [-0.25, -0.2) is 4.68 Å². The Bertz CT molecular complexity index is 1190. The Labute approximate surface area is 168 Å². The van der Waals surface area contributed by atoms with Crippen LogP contribution in [0.1, 0.15) is 11.3 Å². The first-order valence-corrected chi connectivity index (χ1v) is 9.06. The van der Waals surface area contributed by atoms with E-state index in [4.69, 9.17) is 16.9 Å². The van der Waals surface area contributed by atoms with E-state index in [1.54, 1.807) is 37.3 Å². The highest BCUT2D eigenvalue weighted by Gasteiger charge is 2.15. The molecule has 0 saturated heterocycles. The lowest BCUT2D eigenvalue weighted by Gasteiger charge is -2.01. The molecule has 0 bridgehead atoms. The molecule has 3 rings (SSSR count). The number of H-pyrrole nitrogens is 1. The van der Waals surface area contributed by atoms with Gasteiger partial charge in [-0.2, -0.15) is 5.26 Å². The summed E-state index contributed by atoms with van der Waals surface area (Å²) in [6.45, 7) is 1.72. The topological polar surface area (TPSA) is 117 Å². The number of halogens is 1. The number of aromatic nitrogens is 2. The summed E-state index contributed by atoms with van der Waals surface area (Å²) in [5.74, 6) is 0. The summed E-state index contributed by atoms with van der Waals surface area (Å²) < 4.78 is 1.34. The molecule has 3 aromatic rings. The number of thioether (sulfide) groups is 1. The van der Waals surface area contributed by atoms with Crippen molar-refractivity contribution in [2.24, 2.45) is 4.99 Å². The van der Waals surface area contributed by atoms with Crippen LogP contribution in [-0.4, -0.2) is 20.9 Å². The molecule has 0 saturated carbocycles. The van der Waals surface area contributed by atoms with E-state index in [0.29, 0.717) is 39.4 Å². The van der Waals surface area contributed by atoms with E-state index < -0.39 is 4.92 Å². The Morgan fingerprint density at radius 3 is 2.82 bits per heavy atom. The molecule has 0 amide bonds. The number of thiocyanates is 1. The number of aromatic amines is 1. The van der Waals surface area contributed by atoms with Gasteiger partial charge in [0.25, 0.3) is 11.2 Å². The number of benzene rings is 2. The number of nitriles is 1. The van der Waals surface area contributed by atoms with Crippen molar-refractivity contribution in [1.29, 1.82) is 5.26 Å². The zero-order valence-corrected chi connectivity index (χ0v) is 16.0. The highest BCUT2D eigenvalue weighted by molar-refractivity contribution is 8.03. The average Bonchev–Trinajstić information content (AvgIpc) is 2.95. The van der Waals surface area contributed by atoms with Crippen LogP contribution in [0.15, 0.2) is 57.1 Å². The van der Waals surface area contributed by atoms with Gasteiger partial charge in [0.2, 0.25) is 0 Å². The number of nitrogens with zero attached hydrogens (tertiary/aromatic N) is 4. The number of nitro groups is 1. The van der Waals surface area contributed by atoms with E-state index in [9.17, 15) is 14.9 Å². The second-order valence-electron chi connectivity index (χ2n) is 5.63. The van der Waals surface area contributed by atoms with E-state index >= 15 is 0 Å². The third-order valence-electron chi connectivity index (χ3n) is 3.82. The van der Waals surface area contributed by atoms with Crippen LogP contribution in [0.2, 0.25) is 5.02 Å². The smallest absolute Gasteiger partial charge is 0.286 e. The fourth-order valence-electron chi connectivity index (χ4n) is 2.51. The van der Waals surface area contributed by atoms with Gasteiger partial charge in [-0.05, 0) is 49.0 Å². The molecule has 0 aliphatic carbocycles. The third-order valence-corrected chi connectivity index (χ3v) is 4.71. The molecule has 0 radical (unpaired) electrons. The van der Waals surface area contributed by atoms with Gasteiger partial charge in [-0.3, -0.25) is 25.0 Å². The van der Waals surface area contributed by atoms with Gasteiger partial charge in [0.1, 0.15) is 10.3 Å². The number of aliphatic imine (C=N–C) groups is 1. The molecule has 1 aromatic heterocycles. The lowest BCUT2D eigenvalue weighted by molar-refractivity contribution is -0.387. The third kappa shape index (κ3) is 3.98. The van der Waals surface area contributed by atoms with Crippen LogP contribution < -0.4 is 5.56 Å². The van der Waals surface area contributed by atoms with Crippen LogP contribution in [0.3, 0.4) is 0 Å². The van der Waals surface area contributed by atoms with Crippen LogP contribution in [0.25, 0.3) is 5.69 Å². The van der Waals surface area contributed by atoms with E-state index in [1.165, 1.54) is 23.0 Å². The second-order valence-corrected chi connectivity index (χ2v) is 6.89. The molecule has 28 heavy (non-hydrogen) atoms. The van der Waals surface area contributed by atoms with E-state index in [0.717, 1.165) is 0 Å². The molecule has 1 heterocycles. The maximum Gasteiger partial charge on any atom is 0.286 e. The number of hydrogen-bond donors (Lipinski definition) is 1. The fraction of sp³-hybridized carbons (Fsp3) is 0.0556. The predicted molar refractivity (Wildman–Crippen MR) is 108 cm³/mol. The van der Waals surface area contributed by atoms with Crippen molar-refractivity contribution in [2.45, 2.75) is 11.8 Å². The van der Waals surface area contributed by atoms with Crippen LogP contribution in [0, 0.1) is 27.7 Å². The first kappa shape index (κ1) is 19.4. The minimum atomic E-state index is -0.577. The summed E-state index contributed by atoms with van der Waals surface area (Å²) >= 11 is 6.68. The Hall–Kier alpha value is -3.35. The Morgan fingerprint density at radius 1 is 1.36 bits per heavy atom. The number of nitro benzene ring substituents is 1. The molecule has 1 N–H and O–H groups in total. The maximum absolute atomic E-state index is 12.7. The SMILES string of the molecule is Cc1[nH]n(-c2cccc(Cl)c2)c(=O)c1C=Nc1ccc(SC#N)c([N+](=O)[O-])c1. The van der Waals surface area contributed by atoms with Crippen molar-refractivity contribution in [3.8, 4) is 11.1 Å². The summed E-state index contributed by atoms with van der Waals surface area (Å²) in [6.07, 6.45) is 1.35. The summed E-state index contributed by atoms with van der Waals surface area (Å²) in [6, 6.07) is 11.1. The number of aryl methyl sites for hydroxylation is 1. The normalized spacial score (nSPS) is 10.9. The van der Waals surface area contributed by atoms with Gasteiger partial charge in [0.15, 0.2) is 0 Å². The van der Waals surface area contributed by atoms with Crippen molar-refractivity contribution in [2.75, 3.05) is 0 Å². The lowest BCUT2D eigenvalue weighted by atomic mass is 10.2. The highest BCUT2D eigenvalue weighted by atomic mass is 35.5. The second kappa shape index (κ2) is 8.12. The molecule has 0 atom stereocenters. The molecule has 0 aliphatic heterocycles. The summed E-state index contributed by atoms with van der Waals surface area (Å²) in [4.78, 5) is 27.7. The van der Waals surface area contributed by atoms with Crippen LogP contribution in [0.4, 0.5) is 11.4 Å². The number of rotatable bonds is 5. The van der Waals surface area contributed by atoms with Gasteiger partial charge in [0.05, 0.1) is 21.9 Å². The zero-order valence-electron chi connectivity index (χ0n) is 14.4. The molecule has 0 fully saturated rings. The van der Waals surface area contributed by atoms with Crippen LogP contribution in [0.5, 0.6) is 0 Å². The standard InChI is InChI=1S/C18H12ClN5O3S/c1-11-15(18(25)23(22-11)14-4-2-3-12(19)7-14)9-21-13-5-6-17(28-10-20)16(8-13)24(26)27/h2-9,22H,1H3. The minimum absolute atomic E-state index is 0.219. The van der Waals surface area contributed by atoms with Crippen molar-refractivity contribution >= 4 is 41.0 Å². The highest BCUT2D eigenvalue weighted by Crippen LogP contribution is 2.32. The van der Waals surface area contributed by atoms with Gasteiger partial charge in [-0.15, -0.1) is 0 Å². The first-order valence-electron chi connectivity index (χ1n) is 7.86. The first-order chi connectivity index (χ1) is 13.4. The molecule has 0 spiro atoms. The summed E-state index contributed by atoms with van der Waals surface area (Å²) in [7, 11) is 0. The fourth-order valence-corrected chi connectivity index (χ4v) is 3.17. The van der Waals surface area contributed by atoms with Gasteiger partial charge in [0, 0.05) is 23.0 Å².